The van der Waals surface area contributed by atoms with Crippen LogP contribution in [0.3, 0.4) is 0 Å². The minimum Gasteiger partial charge on any atom is -0.320 e. The highest BCUT2D eigenvalue weighted by molar-refractivity contribution is 6.30. The third-order valence-corrected chi connectivity index (χ3v) is 3.51. The maximum Gasteiger partial charge on any atom is 0.128 e. The number of rotatable bonds is 3. The lowest BCUT2D eigenvalue weighted by molar-refractivity contribution is 0.599. The molecule has 3 nitrogen and oxygen atoms in total. The first-order valence-corrected chi connectivity index (χ1v) is 6.83. The Balaban J connectivity index is 1.94. The van der Waals surface area contributed by atoms with Gasteiger partial charge in [0.1, 0.15) is 5.82 Å². The lowest BCUT2D eigenvalue weighted by Gasteiger charge is -2.11. The molecule has 21 heavy (non-hydrogen) atoms. The van der Waals surface area contributed by atoms with Crippen LogP contribution in [0.25, 0.3) is 5.69 Å². The molecule has 1 unspecified atom stereocenters. The molecule has 106 valence electrons. The van der Waals surface area contributed by atoms with Gasteiger partial charge in [0.05, 0.1) is 17.9 Å². The maximum atomic E-state index is 13.9. The van der Waals surface area contributed by atoms with E-state index in [1.165, 1.54) is 12.1 Å². The highest BCUT2D eigenvalue weighted by atomic mass is 35.5. The Bertz CT molecular complexity index is 755. The Kier molecular flexibility index (Phi) is 3.73. The van der Waals surface area contributed by atoms with Gasteiger partial charge < -0.3 is 5.73 Å². The minimum absolute atomic E-state index is 0.357. The van der Waals surface area contributed by atoms with Crippen LogP contribution in [0.5, 0.6) is 0 Å². The molecule has 0 aliphatic rings. The second-order valence-corrected chi connectivity index (χ2v) is 5.13. The van der Waals surface area contributed by atoms with E-state index in [2.05, 4.69) is 5.10 Å². The van der Waals surface area contributed by atoms with Crippen molar-refractivity contribution in [3.63, 3.8) is 0 Å². The first kappa shape index (κ1) is 13.8. The van der Waals surface area contributed by atoms with Crippen molar-refractivity contribution in [2.45, 2.75) is 6.04 Å². The molecule has 0 fully saturated rings. The number of para-hydroxylation sites is 1. The van der Waals surface area contributed by atoms with Crippen LogP contribution in [0.2, 0.25) is 5.02 Å². The van der Waals surface area contributed by atoms with Gasteiger partial charge in [-0.2, -0.15) is 5.10 Å². The monoisotopic (exact) mass is 301 g/mol. The fourth-order valence-electron chi connectivity index (χ4n) is 2.15. The van der Waals surface area contributed by atoms with Gasteiger partial charge in [-0.3, -0.25) is 0 Å². The summed E-state index contributed by atoms with van der Waals surface area (Å²) in [6.45, 7) is 0. The summed E-state index contributed by atoms with van der Waals surface area (Å²) in [6.07, 6.45) is 3.43. The molecule has 1 atom stereocenters. The van der Waals surface area contributed by atoms with Crippen molar-refractivity contribution in [3.8, 4) is 5.69 Å². The van der Waals surface area contributed by atoms with E-state index >= 15 is 0 Å². The van der Waals surface area contributed by atoms with Crippen LogP contribution in [0, 0.1) is 5.82 Å². The van der Waals surface area contributed by atoms with Crippen LogP contribution in [0.1, 0.15) is 17.2 Å². The molecule has 3 rings (SSSR count). The molecule has 2 aromatic carbocycles. The van der Waals surface area contributed by atoms with Crippen molar-refractivity contribution in [3.05, 3.63) is 82.9 Å². The number of hydrogen-bond donors (Lipinski definition) is 1. The number of benzene rings is 2. The van der Waals surface area contributed by atoms with Gasteiger partial charge in [-0.15, -0.1) is 0 Å². The quantitative estimate of drug-likeness (QED) is 0.801. The van der Waals surface area contributed by atoms with Gasteiger partial charge in [0.2, 0.25) is 0 Å². The Morgan fingerprint density at radius 3 is 2.67 bits per heavy atom. The lowest BCUT2D eigenvalue weighted by Crippen LogP contribution is -2.13. The summed E-state index contributed by atoms with van der Waals surface area (Å²) in [7, 11) is 0. The van der Waals surface area contributed by atoms with Crippen molar-refractivity contribution in [1.82, 2.24) is 9.78 Å². The topological polar surface area (TPSA) is 43.8 Å². The van der Waals surface area contributed by atoms with Gasteiger partial charge in [-0.05, 0) is 30.3 Å². The van der Waals surface area contributed by atoms with E-state index in [0.717, 1.165) is 11.3 Å². The SMILES string of the molecule is NC(c1cnn(-c2ccccc2)c1)c1cc(Cl)ccc1F. The van der Waals surface area contributed by atoms with Crippen molar-refractivity contribution in [2.24, 2.45) is 5.73 Å². The smallest absolute Gasteiger partial charge is 0.128 e. The molecule has 0 spiro atoms. The van der Waals surface area contributed by atoms with E-state index in [-0.39, 0.29) is 5.82 Å². The molecule has 5 heteroatoms. The standard InChI is InChI=1S/C16H13ClFN3/c17-12-6-7-15(18)14(8-12)16(19)11-9-20-21(10-11)13-4-2-1-3-5-13/h1-10,16H,19H2. The first-order valence-electron chi connectivity index (χ1n) is 6.45. The minimum atomic E-state index is -0.610. The number of nitrogens with zero attached hydrogens (tertiary/aromatic N) is 2. The largest absolute Gasteiger partial charge is 0.320 e. The number of nitrogens with two attached hydrogens (primary N) is 1. The fourth-order valence-corrected chi connectivity index (χ4v) is 2.33. The summed E-state index contributed by atoms with van der Waals surface area (Å²) in [5.74, 6) is -0.376. The van der Waals surface area contributed by atoms with E-state index in [1.54, 1.807) is 23.1 Å². The number of aromatic nitrogens is 2. The fraction of sp³-hybridized carbons (Fsp3) is 0.0625. The second-order valence-electron chi connectivity index (χ2n) is 4.70. The Hall–Kier alpha value is -2.17. The molecule has 1 heterocycles. The predicted molar refractivity (Wildman–Crippen MR) is 81.0 cm³/mol. The molecular weight excluding hydrogens is 289 g/mol. The van der Waals surface area contributed by atoms with Gasteiger partial charge >= 0.3 is 0 Å². The van der Waals surface area contributed by atoms with Crippen LogP contribution >= 0.6 is 11.6 Å². The molecule has 0 saturated carbocycles. The van der Waals surface area contributed by atoms with Gasteiger partial charge in [0.25, 0.3) is 0 Å². The molecule has 0 aliphatic heterocycles. The zero-order valence-corrected chi connectivity index (χ0v) is 11.8. The average Bonchev–Trinajstić information content (AvgIpc) is 3.00. The van der Waals surface area contributed by atoms with Gasteiger partial charge in [-0.1, -0.05) is 29.8 Å². The van der Waals surface area contributed by atoms with E-state index in [1.807, 2.05) is 30.3 Å². The highest BCUT2D eigenvalue weighted by Gasteiger charge is 2.16. The van der Waals surface area contributed by atoms with Gasteiger partial charge in [-0.25, -0.2) is 9.07 Å². The summed E-state index contributed by atoms with van der Waals surface area (Å²) in [5.41, 5.74) is 8.12. The first-order chi connectivity index (χ1) is 10.1. The maximum absolute atomic E-state index is 13.9. The van der Waals surface area contributed by atoms with Crippen LogP contribution in [-0.2, 0) is 0 Å². The second kappa shape index (κ2) is 5.68. The third-order valence-electron chi connectivity index (χ3n) is 3.28. The zero-order valence-electron chi connectivity index (χ0n) is 11.1. The van der Waals surface area contributed by atoms with Crippen LogP contribution < -0.4 is 5.73 Å². The Morgan fingerprint density at radius 2 is 1.90 bits per heavy atom. The van der Waals surface area contributed by atoms with E-state index in [0.29, 0.717) is 10.6 Å². The van der Waals surface area contributed by atoms with Crippen molar-refractivity contribution in [1.29, 1.82) is 0 Å². The third kappa shape index (κ3) is 2.82. The van der Waals surface area contributed by atoms with Crippen LogP contribution in [0.15, 0.2) is 60.9 Å². The molecule has 0 bridgehead atoms. The molecular formula is C16H13ClFN3. The summed E-state index contributed by atoms with van der Waals surface area (Å²) >= 11 is 5.91. The van der Waals surface area contributed by atoms with Crippen molar-refractivity contribution in [2.75, 3.05) is 0 Å². The zero-order chi connectivity index (χ0) is 14.8. The molecule has 1 aromatic heterocycles. The highest BCUT2D eigenvalue weighted by Crippen LogP contribution is 2.25. The van der Waals surface area contributed by atoms with Crippen molar-refractivity contribution >= 4 is 11.6 Å². The normalized spacial score (nSPS) is 12.3. The Labute approximate surface area is 126 Å². The lowest BCUT2D eigenvalue weighted by atomic mass is 10.0. The van der Waals surface area contributed by atoms with Crippen LogP contribution in [-0.4, -0.2) is 9.78 Å². The van der Waals surface area contributed by atoms with Gasteiger partial charge in [0.15, 0.2) is 0 Å². The van der Waals surface area contributed by atoms with E-state index < -0.39 is 6.04 Å². The molecule has 2 N–H and O–H groups in total. The Morgan fingerprint density at radius 1 is 1.14 bits per heavy atom. The number of halogens is 2. The van der Waals surface area contributed by atoms with E-state index in [4.69, 9.17) is 17.3 Å². The van der Waals surface area contributed by atoms with Crippen molar-refractivity contribution < 1.29 is 4.39 Å². The summed E-state index contributed by atoms with van der Waals surface area (Å²) in [4.78, 5) is 0. The molecule has 3 aromatic rings. The molecule has 0 saturated heterocycles. The number of hydrogen-bond acceptors (Lipinski definition) is 2. The summed E-state index contributed by atoms with van der Waals surface area (Å²) in [6, 6.07) is 13.4. The van der Waals surface area contributed by atoms with E-state index in [9.17, 15) is 4.39 Å². The predicted octanol–water partition coefficient (Wildman–Crippen LogP) is 3.71. The van der Waals surface area contributed by atoms with Gasteiger partial charge in [0, 0.05) is 22.3 Å². The molecule has 0 amide bonds. The molecule has 0 aliphatic carbocycles. The average molecular weight is 302 g/mol. The van der Waals surface area contributed by atoms with Crippen LogP contribution in [0.4, 0.5) is 4.39 Å². The summed E-state index contributed by atoms with van der Waals surface area (Å²) in [5, 5.41) is 4.72. The molecule has 0 radical (unpaired) electrons. The summed E-state index contributed by atoms with van der Waals surface area (Å²) < 4.78 is 15.6.